The van der Waals surface area contributed by atoms with E-state index < -0.39 is 23.0 Å². The van der Waals surface area contributed by atoms with Crippen LogP contribution in [-0.4, -0.2) is 20.0 Å². The van der Waals surface area contributed by atoms with Crippen molar-refractivity contribution < 1.29 is 9.18 Å². The van der Waals surface area contributed by atoms with Crippen LogP contribution in [0.5, 0.6) is 0 Å². The van der Waals surface area contributed by atoms with E-state index in [0.29, 0.717) is 0 Å². The minimum atomic E-state index is -0.643. The lowest BCUT2D eigenvalue weighted by Gasteiger charge is -2.09. The fourth-order valence-corrected chi connectivity index (χ4v) is 2.33. The van der Waals surface area contributed by atoms with Crippen molar-refractivity contribution in [1.29, 1.82) is 0 Å². The van der Waals surface area contributed by atoms with Crippen molar-refractivity contribution in [2.24, 2.45) is 14.1 Å². The molecule has 0 radical (unpaired) electrons. The molecular weight excluding hydrogens is 315 g/mol. The highest BCUT2D eigenvalue weighted by Crippen LogP contribution is 2.14. The second-order valence-corrected chi connectivity index (χ2v) is 5.21. The fourth-order valence-electron chi connectivity index (χ4n) is 2.33. The molecule has 0 atom stereocenters. The first-order valence-corrected chi connectivity index (χ1v) is 7.03. The first-order valence-electron chi connectivity index (χ1n) is 7.03. The Morgan fingerprint density at radius 3 is 2.50 bits per heavy atom. The van der Waals surface area contributed by atoms with E-state index in [1.54, 1.807) is 6.07 Å². The summed E-state index contributed by atoms with van der Waals surface area (Å²) in [5, 5.41) is 2.61. The van der Waals surface area contributed by atoms with Crippen LogP contribution in [0.3, 0.4) is 0 Å². The number of anilines is 1. The number of nitrogens with one attached hydrogen (secondary N) is 1. The van der Waals surface area contributed by atoms with E-state index in [4.69, 9.17) is 0 Å². The third kappa shape index (κ3) is 2.47. The topological polar surface area (TPSA) is 86.0 Å². The smallest absolute Gasteiger partial charge is 0.318 e. The SMILES string of the molecule is Cn1c(=O)c2ccc(C(=O)Nc3ccccc3F)nc2n(C)c1=O. The molecule has 0 spiro atoms. The lowest BCUT2D eigenvalue weighted by atomic mass is 10.2. The van der Waals surface area contributed by atoms with Crippen LogP contribution in [0.2, 0.25) is 0 Å². The molecule has 3 rings (SSSR count). The summed E-state index contributed by atoms with van der Waals surface area (Å²) >= 11 is 0. The molecule has 2 heterocycles. The van der Waals surface area contributed by atoms with Crippen LogP contribution < -0.4 is 16.6 Å². The van der Waals surface area contributed by atoms with Crippen LogP contribution in [-0.2, 0) is 14.1 Å². The molecule has 8 heteroatoms. The maximum Gasteiger partial charge on any atom is 0.332 e. The zero-order valence-corrected chi connectivity index (χ0v) is 12.9. The number of hydrogen-bond acceptors (Lipinski definition) is 4. The van der Waals surface area contributed by atoms with E-state index >= 15 is 0 Å². The Bertz CT molecular complexity index is 1080. The van der Waals surface area contributed by atoms with Crippen molar-refractivity contribution >= 4 is 22.6 Å². The van der Waals surface area contributed by atoms with Gasteiger partial charge in [-0.05, 0) is 24.3 Å². The van der Waals surface area contributed by atoms with Gasteiger partial charge in [0.15, 0.2) is 0 Å². The number of fused-ring (bicyclic) bond motifs is 1. The zero-order valence-electron chi connectivity index (χ0n) is 12.9. The predicted octanol–water partition coefficient (Wildman–Crippen LogP) is 1.02. The molecule has 0 unspecified atom stereocenters. The Balaban J connectivity index is 2.08. The minimum Gasteiger partial charge on any atom is -0.318 e. The monoisotopic (exact) mass is 328 g/mol. The van der Waals surface area contributed by atoms with Gasteiger partial charge in [-0.25, -0.2) is 14.2 Å². The lowest BCUT2D eigenvalue weighted by Crippen LogP contribution is -2.37. The number of benzene rings is 1. The van der Waals surface area contributed by atoms with Crippen LogP contribution >= 0.6 is 0 Å². The van der Waals surface area contributed by atoms with Gasteiger partial charge in [-0.3, -0.25) is 18.7 Å². The number of halogens is 1. The summed E-state index contributed by atoms with van der Waals surface area (Å²) in [6.07, 6.45) is 0. The second kappa shape index (κ2) is 5.73. The molecule has 0 aliphatic heterocycles. The molecule has 0 aliphatic rings. The van der Waals surface area contributed by atoms with Crippen molar-refractivity contribution in [2.75, 3.05) is 5.32 Å². The van der Waals surface area contributed by atoms with Crippen molar-refractivity contribution in [3.05, 3.63) is 68.7 Å². The third-order valence-electron chi connectivity index (χ3n) is 3.66. The van der Waals surface area contributed by atoms with Crippen molar-refractivity contribution in [3.63, 3.8) is 0 Å². The van der Waals surface area contributed by atoms with Gasteiger partial charge in [-0.2, -0.15) is 0 Å². The van der Waals surface area contributed by atoms with Crippen LogP contribution in [0.1, 0.15) is 10.5 Å². The normalized spacial score (nSPS) is 10.8. The molecule has 1 aromatic carbocycles. The van der Waals surface area contributed by atoms with Gasteiger partial charge in [0.2, 0.25) is 0 Å². The Morgan fingerprint density at radius 2 is 1.79 bits per heavy atom. The highest BCUT2D eigenvalue weighted by atomic mass is 19.1. The summed E-state index contributed by atoms with van der Waals surface area (Å²) in [7, 11) is 2.82. The van der Waals surface area contributed by atoms with E-state index in [2.05, 4.69) is 10.3 Å². The molecule has 122 valence electrons. The van der Waals surface area contributed by atoms with Crippen molar-refractivity contribution in [3.8, 4) is 0 Å². The van der Waals surface area contributed by atoms with Crippen LogP contribution in [0, 0.1) is 5.82 Å². The molecule has 0 bridgehead atoms. The number of pyridine rings is 1. The highest BCUT2D eigenvalue weighted by Gasteiger charge is 2.15. The van der Waals surface area contributed by atoms with E-state index in [-0.39, 0.29) is 22.4 Å². The van der Waals surface area contributed by atoms with Gasteiger partial charge < -0.3 is 5.32 Å². The van der Waals surface area contributed by atoms with Gasteiger partial charge in [-0.15, -0.1) is 0 Å². The van der Waals surface area contributed by atoms with Crippen molar-refractivity contribution in [2.45, 2.75) is 0 Å². The molecule has 0 saturated carbocycles. The molecule has 0 fully saturated rings. The summed E-state index contributed by atoms with van der Waals surface area (Å²) in [6, 6.07) is 8.49. The number of carbonyl (C=O) groups is 1. The average Bonchev–Trinajstić information content (AvgIpc) is 2.59. The van der Waals surface area contributed by atoms with Gasteiger partial charge in [0.05, 0.1) is 11.1 Å². The maximum atomic E-state index is 13.6. The molecule has 0 saturated heterocycles. The van der Waals surface area contributed by atoms with E-state index in [0.717, 1.165) is 4.57 Å². The van der Waals surface area contributed by atoms with E-state index in [9.17, 15) is 18.8 Å². The first-order chi connectivity index (χ1) is 11.4. The summed E-state index contributed by atoms with van der Waals surface area (Å²) in [5.74, 6) is -1.22. The summed E-state index contributed by atoms with van der Waals surface area (Å²) in [4.78, 5) is 40.4. The van der Waals surface area contributed by atoms with Gasteiger partial charge in [-0.1, -0.05) is 12.1 Å². The van der Waals surface area contributed by atoms with E-state index in [1.165, 1.54) is 49.0 Å². The molecule has 24 heavy (non-hydrogen) atoms. The van der Waals surface area contributed by atoms with Gasteiger partial charge in [0.25, 0.3) is 11.5 Å². The molecule has 7 nitrogen and oxygen atoms in total. The molecule has 2 aromatic heterocycles. The van der Waals surface area contributed by atoms with Crippen LogP contribution in [0.4, 0.5) is 10.1 Å². The molecule has 3 aromatic rings. The zero-order chi connectivity index (χ0) is 17.4. The van der Waals surface area contributed by atoms with Crippen molar-refractivity contribution in [1.82, 2.24) is 14.1 Å². The largest absolute Gasteiger partial charge is 0.332 e. The third-order valence-corrected chi connectivity index (χ3v) is 3.66. The number of rotatable bonds is 2. The molecular formula is C16H13FN4O3. The fraction of sp³-hybridized carbons (Fsp3) is 0.125. The van der Waals surface area contributed by atoms with Crippen LogP contribution in [0.25, 0.3) is 11.0 Å². The number of para-hydroxylation sites is 1. The maximum absolute atomic E-state index is 13.6. The second-order valence-electron chi connectivity index (χ2n) is 5.21. The Kier molecular flexibility index (Phi) is 3.72. The number of hydrogen-bond donors (Lipinski definition) is 1. The quantitative estimate of drug-likeness (QED) is 0.761. The van der Waals surface area contributed by atoms with Crippen LogP contribution in [0.15, 0.2) is 46.0 Å². The number of carbonyl (C=O) groups excluding carboxylic acids is 1. The van der Waals surface area contributed by atoms with Gasteiger partial charge >= 0.3 is 5.69 Å². The number of aryl methyl sites for hydroxylation is 1. The summed E-state index contributed by atoms with van der Waals surface area (Å²) in [5.41, 5.74) is -0.978. The van der Waals surface area contributed by atoms with Gasteiger partial charge in [0, 0.05) is 14.1 Å². The molecule has 1 amide bonds. The Morgan fingerprint density at radius 1 is 1.08 bits per heavy atom. The molecule has 1 N–H and O–H groups in total. The summed E-state index contributed by atoms with van der Waals surface area (Å²) < 4.78 is 15.7. The number of aromatic nitrogens is 3. The lowest BCUT2D eigenvalue weighted by molar-refractivity contribution is 0.102. The number of nitrogens with zero attached hydrogens (tertiary/aromatic N) is 3. The predicted molar refractivity (Wildman–Crippen MR) is 86.6 cm³/mol. The summed E-state index contributed by atoms with van der Waals surface area (Å²) in [6.45, 7) is 0. The first kappa shape index (κ1) is 15.6. The average molecular weight is 328 g/mol. The molecule has 0 aliphatic carbocycles. The Labute approximate surface area is 135 Å². The standard InChI is InChI=1S/C16H13FN4O3/c1-20-13-9(15(23)21(2)16(20)24)7-8-12(18-13)14(22)19-11-6-4-3-5-10(11)17/h3-8H,1-2H3,(H,19,22). The highest BCUT2D eigenvalue weighted by molar-refractivity contribution is 6.03. The Hall–Kier alpha value is -3.29. The minimum absolute atomic E-state index is 0.0160. The number of amides is 1. The van der Waals surface area contributed by atoms with E-state index in [1.807, 2.05) is 0 Å². The van der Waals surface area contributed by atoms with Gasteiger partial charge in [0.1, 0.15) is 17.2 Å².